The lowest BCUT2D eigenvalue weighted by Crippen LogP contribution is -2.13. The maximum atomic E-state index is 9.26. The molecule has 1 amide bonds. The molecule has 15 heavy (non-hydrogen) atoms. The Morgan fingerprint density at radius 2 is 2.00 bits per heavy atom. The molecule has 0 fully saturated rings. The number of carbonyl (C=O) groups is 1. The third-order valence-electron chi connectivity index (χ3n) is 1.63. The van der Waals surface area contributed by atoms with E-state index in [2.05, 4.69) is 0 Å². The lowest BCUT2D eigenvalue weighted by Gasteiger charge is -1.81. The molecule has 0 aliphatic rings. The van der Waals surface area contributed by atoms with Gasteiger partial charge in [0, 0.05) is 18.5 Å². The van der Waals surface area contributed by atoms with Gasteiger partial charge in [0.05, 0.1) is 0 Å². The predicted molar refractivity (Wildman–Crippen MR) is 55.0 cm³/mol. The van der Waals surface area contributed by atoms with Crippen LogP contribution in [0.5, 0.6) is 5.95 Å². The van der Waals surface area contributed by atoms with Crippen LogP contribution in [-0.4, -0.2) is 23.4 Å². The number of hydrogen-bond donors (Lipinski definition) is 3. The van der Waals surface area contributed by atoms with Crippen LogP contribution in [0.25, 0.3) is 11.0 Å². The van der Waals surface area contributed by atoms with Crippen molar-refractivity contribution in [1.29, 1.82) is 0 Å². The van der Waals surface area contributed by atoms with Gasteiger partial charge in [-0.3, -0.25) is 0 Å². The van der Waals surface area contributed by atoms with Gasteiger partial charge in [-0.25, -0.2) is 4.79 Å². The third-order valence-corrected chi connectivity index (χ3v) is 1.63. The first kappa shape index (κ1) is 10.9. The molecule has 3 N–H and O–H groups in total. The van der Waals surface area contributed by atoms with E-state index in [0.29, 0.717) is 0 Å². The number of fused-ring (bicyclic) bond motifs is 1. The zero-order chi connectivity index (χ0) is 11.3. The molecule has 1 heterocycles. The fraction of sp³-hybridized carbons (Fsp3) is 0.100. The first-order valence-electron chi connectivity index (χ1n) is 4.21. The van der Waals surface area contributed by atoms with Gasteiger partial charge in [-0.15, -0.1) is 0 Å². The van der Waals surface area contributed by atoms with Gasteiger partial charge in [-0.2, -0.15) is 0 Å². The number of amides is 1. The highest BCUT2D eigenvalue weighted by Gasteiger charge is 1.97. The zero-order valence-corrected chi connectivity index (χ0v) is 8.10. The maximum absolute atomic E-state index is 9.26. The van der Waals surface area contributed by atoms with Gasteiger partial charge in [-0.1, -0.05) is 18.2 Å². The van der Waals surface area contributed by atoms with Crippen LogP contribution < -0.4 is 5.32 Å². The number of hydrogen-bond acceptors (Lipinski definition) is 3. The van der Waals surface area contributed by atoms with Crippen LogP contribution in [0.1, 0.15) is 0 Å². The van der Waals surface area contributed by atoms with Gasteiger partial charge in [0.25, 0.3) is 5.95 Å². The summed E-state index contributed by atoms with van der Waals surface area (Å²) in [4.78, 5) is 9.26. The molecule has 0 aliphatic heterocycles. The van der Waals surface area contributed by atoms with Gasteiger partial charge >= 0.3 is 6.09 Å². The standard InChI is InChI=1S/C8H6O2.C2H5NO2/c9-8-5-6-3-1-2-4-7(6)10-8;1-3-2(4)5/h1-5,9H;3H,1H3,(H,4,5). The van der Waals surface area contributed by atoms with E-state index >= 15 is 0 Å². The smallest absolute Gasteiger partial charge is 0.404 e. The van der Waals surface area contributed by atoms with Crippen LogP contribution >= 0.6 is 0 Å². The molecule has 1 aromatic heterocycles. The lowest BCUT2D eigenvalue weighted by atomic mass is 10.3. The number of para-hydroxylation sites is 1. The van der Waals surface area contributed by atoms with Crippen molar-refractivity contribution in [1.82, 2.24) is 5.32 Å². The molecule has 5 nitrogen and oxygen atoms in total. The summed E-state index contributed by atoms with van der Waals surface area (Å²) in [6, 6.07) is 9.06. The Labute approximate surface area is 85.9 Å². The van der Waals surface area contributed by atoms with Crippen LogP contribution in [0.15, 0.2) is 34.7 Å². The Morgan fingerprint density at radius 1 is 1.40 bits per heavy atom. The van der Waals surface area contributed by atoms with Crippen molar-refractivity contribution in [2.75, 3.05) is 7.05 Å². The van der Waals surface area contributed by atoms with Crippen LogP contribution in [0.3, 0.4) is 0 Å². The van der Waals surface area contributed by atoms with E-state index in [-0.39, 0.29) is 5.95 Å². The van der Waals surface area contributed by atoms with Crippen LogP contribution in [0, 0.1) is 0 Å². The largest absolute Gasteiger partial charge is 0.481 e. The van der Waals surface area contributed by atoms with Gasteiger partial charge in [-0.05, 0) is 6.07 Å². The van der Waals surface area contributed by atoms with Crippen LogP contribution in [0.4, 0.5) is 4.79 Å². The zero-order valence-electron chi connectivity index (χ0n) is 8.10. The molecule has 5 heteroatoms. The number of benzene rings is 1. The quantitative estimate of drug-likeness (QED) is 0.619. The number of nitrogens with one attached hydrogen (secondary N) is 1. The Morgan fingerprint density at radius 3 is 2.53 bits per heavy atom. The SMILES string of the molecule is CNC(=O)O.Oc1cc2ccccc2o1. The van der Waals surface area contributed by atoms with Crippen LogP contribution in [0.2, 0.25) is 0 Å². The Kier molecular flexibility index (Phi) is 3.56. The van der Waals surface area contributed by atoms with Crippen molar-refractivity contribution < 1.29 is 19.4 Å². The van der Waals surface area contributed by atoms with Crippen molar-refractivity contribution >= 4 is 17.1 Å². The second-order valence-corrected chi connectivity index (χ2v) is 2.68. The summed E-state index contributed by atoms with van der Waals surface area (Å²) in [6.45, 7) is 0. The lowest BCUT2D eigenvalue weighted by molar-refractivity contribution is 0.197. The molecular weight excluding hydrogens is 198 g/mol. The number of furan rings is 1. The summed E-state index contributed by atoms with van der Waals surface area (Å²) in [6.07, 6.45) is -0.995. The second kappa shape index (κ2) is 4.90. The Bertz CT molecular complexity index is 416. The molecule has 2 rings (SSSR count). The molecule has 0 saturated carbocycles. The van der Waals surface area contributed by atoms with Crippen LogP contribution in [-0.2, 0) is 0 Å². The molecule has 0 saturated heterocycles. The van der Waals surface area contributed by atoms with Gasteiger partial charge in [0.15, 0.2) is 0 Å². The fourth-order valence-electron chi connectivity index (χ4n) is 0.968. The molecule has 1 aromatic carbocycles. The molecule has 80 valence electrons. The molecule has 0 spiro atoms. The van der Waals surface area contributed by atoms with E-state index in [0.717, 1.165) is 11.0 Å². The predicted octanol–water partition coefficient (Wildman–Crippen LogP) is 2.02. The molecule has 2 aromatic rings. The fourth-order valence-corrected chi connectivity index (χ4v) is 0.968. The molecular formula is C10H11NO4. The van der Waals surface area contributed by atoms with E-state index in [1.165, 1.54) is 7.05 Å². The van der Waals surface area contributed by atoms with E-state index in [1.54, 1.807) is 6.07 Å². The normalized spacial score (nSPS) is 9.13. The van der Waals surface area contributed by atoms with Crippen molar-refractivity contribution in [3.05, 3.63) is 30.3 Å². The molecule has 0 atom stereocenters. The summed E-state index contributed by atoms with van der Waals surface area (Å²) in [5, 5.41) is 19.4. The summed E-state index contributed by atoms with van der Waals surface area (Å²) in [7, 11) is 1.35. The minimum atomic E-state index is -0.995. The molecule has 0 bridgehead atoms. The number of carboxylic acid groups (broad SMARTS) is 1. The minimum absolute atomic E-state index is 0.0267. The van der Waals surface area contributed by atoms with E-state index in [9.17, 15) is 4.79 Å². The van der Waals surface area contributed by atoms with Gasteiger partial charge in [0.1, 0.15) is 5.58 Å². The summed E-state index contributed by atoms with van der Waals surface area (Å²) >= 11 is 0. The van der Waals surface area contributed by atoms with Gasteiger partial charge in [0.2, 0.25) is 0 Å². The Balaban J connectivity index is 0.000000195. The first-order chi connectivity index (χ1) is 7.13. The maximum Gasteiger partial charge on any atom is 0.404 e. The highest BCUT2D eigenvalue weighted by molar-refractivity contribution is 5.78. The highest BCUT2D eigenvalue weighted by atomic mass is 16.5. The number of aromatic hydroxyl groups is 1. The average Bonchev–Trinajstić information content (AvgIpc) is 2.58. The first-order valence-corrected chi connectivity index (χ1v) is 4.21. The molecule has 0 unspecified atom stereocenters. The molecule has 0 aliphatic carbocycles. The Hall–Kier alpha value is -2.17. The average molecular weight is 209 g/mol. The third kappa shape index (κ3) is 3.22. The minimum Gasteiger partial charge on any atom is -0.481 e. The summed E-state index contributed by atoms with van der Waals surface area (Å²) < 4.78 is 4.92. The van der Waals surface area contributed by atoms with Gasteiger partial charge < -0.3 is 19.9 Å². The van der Waals surface area contributed by atoms with E-state index in [1.807, 2.05) is 29.6 Å². The summed E-state index contributed by atoms with van der Waals surface area (Å²) in [5.74, 6) is -0.0267. The van der Waals surface area contributed by atoms with Crippen molar-refractivity contribution in [2.24, 2.45) is 0 Å². The van der Waals surface area contributed by atoms with E-state index < -0.39 is 6.09 Å². The molecule has 0 radical (unpaired) electrons. The summed E-state index contributed by atoms with van der Waals surface area (Å²) in [5.41, 5.74) is 0.722. The van der Waals surface area contributed by atoms with Crippen molar-refractivity contribution in [3.8, 4) is 5.95 Å². The highest BCUT2D eigenvalue weighted by Crippen LogP contribution is 2.22. The second-order valence-electron chi connectivity index (χ2n) is 2.68. The van der Waals surface area contributed by atoms with Crippen molar-refractivity contribution in [2.45, 2.75) is 0 Å². The van der Waals surface area contributed by atoms with Crippen molar-refractivity contribution in [3.63, 3.8) is 0 Å². The topological polar surface area (TPSA) is 82.7 Å². The van der Waals surface area contributed by atoms with E-state index in [4.69, 9.17) is 14.6 Å². The number of rotatable bonds is 0. The monoisotopic (exact) mass is 209 g/mol.